The summed E-state index contributed by atoms with van der Waals surface area (Å²) in [6.45, 7) is 1.07. The summed E-state index contributed by atoms with van der Waals surface area (Å²) >= 11 is 0. The number of phenolic OH excluding ortho intramolecular Hbond substituents is 2. The molecule has 0 saturated heterocycles. The van der Waals surface area contributed by atoms with Crippen LogP contribution in [0.2, 0.25) is 0 Å². The van der Waals surface area contributed by atoms with Gasteiger partial charge < -0.3 is 15.1 Å². The topological polar surface area (TPSA) is 85.2 Å². The van der Waals surface area contributed by atoms with Gasteiger partial charge in [-0.15, -0.1) is 0 Å². The lowest BCUT2D eigenvalue weighted by atomic mass is 10.0. The van der Waals surface area contributed by atoms with E-state index in [1.165, 1.54) is 30.0 Å². The second kappa shape index (κ2) is 7.04. The zero-order valence-corrected chi connectivity index (χ0v) is 13.1. The number of nitrogens with one attached hydrogen (secondary N) is 1. The smallest absolute Gasteiger partial charge is 0.259 e. The van der Waals surface area contributed by atoms with Crippen LogP contribution in [-0.2, 0) is 11.2 Å². The molecule has 24 heavy (non-hydrogen) atoms. The molecule has 1 heterocycles. The molecule has 124 valence electrons. The van der Waals surface area contributed by atoms with E-state index < -0.39 is 0 Å². The van der Waals surface area contributed by atoms with Gasteiger partial charge in [0.1, 0.15) is 11.5 Å². The molecular weight excluding hydrogens is 306 g/mol. The quantitative estimate of drug-likeness (QED) is 0.593. The molecule has 3 rings (SSSR count). The summed E-state index contributed by atoms with van der Waals surface area (Å²) in [5.74, 6) is -0.350. The lowest BCUT2D eigenvalue weighted by Gasteiger charge is -2.30. The summed E-state index contributed by atoms with van der Waals surface area (Å²) in [5, 5.41) is 22.7. The fourth-order valence-corrected chi connectivity index (χ4v) is 2.80. The maximum Gasteiger partial charge on any atom is 0.259 e. The first-order valence-corrected chi connectivity index (χ1v) is 7.80. The first-order chi connectivity index (χ1) is 11.6. The maximum atomic E-state index is 12.1. The monoisotopic (exact) mass is 325 g/mol. The van der Waals surface area contributed by atoms with E-state index in [1.807, 2.05) is 23.1 Å². The molecule has 0 aromatic heterocycles. The van der Waals surface area contributed by atoms with Gasteiger partial charge in [0.25, 0.3) is 5.91 Å². The Labute approximate surface area is 140 Å². The number of amides is 1. The van der Waals surface area contributed by atoms with Crippen molar-refractivity contribution in [1.29, 1.82) is 0 Å². The van der Waals surface area contributed by atoms with Gasteiger partial charge in [-0.05, 0) is 36.6 Å². The molecule has 1 amide bonds. The van der Waals surface area contributed by atoms with Crippen LogP contribution in [0.3, 0.4) is 0 Å². The number of aromatic hydroxyl groups is 2. The molecule has 0 fully saturated rings. The molecule has 0 saturated carbocycles. The SMILES string of the molecule is O=C(CN1CCCc2ccccc21)NN=Cc1ccc(O)cc1O. The van der Waals surface area contributed by atoms with Gasteiger partial charge in [0, 0.05) is 23.9 Å². The van der Waals surface area contributed by atoms with Gasteiger partial charge in [-0.25, -0.2) is 5.43 Å². The highest BCUT2D eigenvalue weighted by Gasteiger charge is 2.18. The molecule has 0 atom stereocenters. The van der Waals surface area contributed by atoms with Crippen molar-refractivity contribution in [1.82, 2.24) is 5.43 Å². The average molecular weight is 325 g/mol. The van der Waals surface area contributed by atoms with Crippen LogP contribution in [0.4, 0.5) is 5.69 Å². The van der Waals surface area contributed by atoms with E-state index in [0.717, 1.165) is 25.1 Å². The van der Waals surface area contributed by atoms with E-state index >= 15 is 0 Å². The normalized spacial score (nSPS) is 13.8. The molecule has 6 nitrogen and oxygen atoms in total. The number of hydrogen-bond donors (Lipinski definition) is 3. The number of fused-ring (bicyclic) bond motifs is 1. The minimum absolute atomic E-state index is 0.0301. The third-order valence-corrected chi connectivity index (χ3v) is 3.95. The summed E-state index contributed by atoms with van der Waals surface area (Å²) in [4.78, 5) is 14.1. The third-order valence-electron chi connectivity index (χ3n) is 3.95. The minimum atomic E-state index is -0.221. The van der Waals surface area contributed by atoms with Gasteiger partial charge in [0.05, 0.1) is 12.8 Å². The molecule has 6 heteroatoms. The number of carbonyl (C=O) groups excluding carboxylic acids is 1. The van der Waals surface area contributed by atoms with E-state index in [-0.39, 0.29) is 24.0 Å². The van der Waals surface area contributed by atoms with Crippen molar-refractivity contribution in [3.8, 4) is 11.5 Å². The standard InChI is InChI=1S/C18H19N3O3/c22-15-8-7-14(17(23)10-15)11-19-20-18(24)12-21-9-3-5-13-4-1-2-6-16(13)21/h1-2,4,6-8,10-11,22-23H,3,5,9,12H2,(H,20,24). The number of hydrazone groups is 1. The molecule has 0 bridgehead atoms. The third kappa shape index (κ3) is 3.65. The van der Waals surface area contributed by atoms with Gasteiger partial charge in [0.15, 0.2) is 0 Å². The minimum Gasteiger partial charge on any atom is -0.508 e. The predicted octanol–water partition coefficient (Wildman–Crippen LogP) is 2.00. The lowest BCUT2D eigenvalue weighted by molar-refractivity contribution is -0.119. The Kier molecular flexibility index (Phi) is 4.65. The Morgan fingerprint density at radius 3 is 2.92 bits per heavy atom. The number of nitrogens with zero attached hydrogens (tertiary/aromatic N) is 2. The van der Waals surface area contributed by atoms with Crippen molar-refractivity contribution in [2.45, 2.75) is 12.8 Å². The highest BCUT2D eigenvalue weighted by atomic mass is 16.3. The largest absolute Gasteiger partial charge is 0.508 e. The number of para-hydroxylation sites is 1. The molecule has 1 aliphatic rings. The van der Waals surface area contributed by atoms with Crippen molar-refractivity contribution >= 4 is 17.8 Å². The van der Waals surface area contributed by atoms with Crippen LogP contribution >= 0.6 is 0 Å². The van der Waals surface area contributed by atoms with Gasteiger partial charge >= 0.3 is 0 Å². The molecule has 2 aromatic carbocycles. The molecular formula is C18H19N3O3. The second-order valence-electron chi connectivity index (χ2n) is 5.69. The zero-order chi connectivity index (χ0) is 16.9. The summed E-state index contributed by atoms with van der Waals surface area (Å²) in [7, 11) is 0. The number of anilines is 1. The van der Waals surface area contributed by atoms with Crippen molar-refractivity contribution < 1.29 is 15.0 Å². The summed E-state index contributed by atoms with van der Waals surface area (Å²) < 4.78 is 0. The summed E-state index contributed by atoms with van der Waals surface area (Å²) in [6.07, 6.45) is 3.40. The van der Waals surface area contributed by atoms with Gasteiger partial charge in [-0.3, -0.25) is 4.79 Å². The Hall–Kier alpha value is -3.02. The van der Waals surface area contributed by atoms with E-state index in [0.29, 0.717) is 5.56 Å². The molecule has 0 radical (unpaired) electrons. The molecule has 2 aromatic rings. The van der Waals surface area contributed by atoms with Crippen molar-refractivity contribution in [3.05, 3.63) is 53.6 Å². The number of carbonyl (C=O) groups is 1. The Balaban J connectivity index is 1.59. The summed E-state index contributed by atoms with van der Waals surface area (Å²) in [5.41, 5.74) is 5.23. The lowest BCUT2D eigenvalue weighted by Crippen LogP contribution is -2.38. The van der Waals surface area contributed by atoms with E-state index in [4.69, 9.17) is 0 Å². The summed E-state index contributed by atoms with van der Waals surface area (Å²) in [6, 6.07) is 12.3. The number of phenols is 2. The van der Waals surface area contributed by atoms with Crippen LogP contribution in [-0.4, -0.2) is 35.4 Å². The van der Waals surface area contributed by atoms with Crippen molar-refractivity contribution in [2.75, 3.05) is 18.0 Å². The first kappa shape index (κ1) is 15.9. The Morgan fingerprint density at radius 2 is 2.08 bits per heavy atom. The Bertz CT molecular complexity index is 774. The number of aryl methyl sites for hydroxylation is 1. The van der Waals surface area contributed by atoms with Crippen LogP contribution in [0.15, 0.2) is 47.6 Å². The highest BCUT2D eigenvalue weighted by molar-refractivity contribution is 5.86. The first-order valence-electron chi connectivity index (χ1n) is 7.80. The molecule has 0 aliphatic carbocycles. The van der Waals surface area contributed by atoms with E-state index in [9.17, 15) is 15.0 Å². The van der Waals surface area contributed by atoms with Gasteiger partial charge in [0.2, 0.25) is 0 Å². The Morgan fingerprint density at radius 1 is 1.25 bits per heavy atom. The van der Waals surface area contributed by atoms with Gasteiger partial charge in [-0.2, -0.15) is 5.10 Å². The predicted molar refractivity (Wildman–Crippen MR) is 92.5 cm³/mol. The molecule has 0 unspecified atom stereocenters. The molecule has 3 N–H and O–H groups in total. The van der Waals surface area contributed by atoms with E-state index in [1.54, 1.807) is 0 Å². The fraction of sp³-hybridized carbons (Fsp3) is 0.222. The van der Waals surface area contributed by atoms with Crippen LogP contribution in [0.25, 0.3) is 0 Å². The van der Waals surface area contributed by atoms with Gasteiger partial charge in [-0.1, -0.05) is 18.2 Å². The zero-order valence-electron chi connectivity index (χ0n) is 13.1. The van der Waals surface area contributed by atoms with Crippen LogP contribution < -0.4 is 10.3 Å². The maximum absolute atomic E-state index is 12.1. The number of hydrogen-bond acceptors (Lipinski definition) is 5. The van der Waals surface area contributed by atoms with Crippen LogP contribution in [0.5, 0.6) is 11.5 Å². The average Bonchev–Trinajstić information content (AvgIpc) is 2.57. The molecule has 1 aliphatic heterocycles. The van der Waals surface area contributed by atoms with Crippen molar-refractivity contribution in [3.63, 3.8) is 0 Å². The number of rotatable bonds is 4. The van der Waals surface area contributed by atoms with Crippen LogP contribution in [0, 0.1) is 0 Å². The number of benzene rings is 2. The second-order valence-corrected chi connectivity index (χ2v) is 5.69. The highest BCUT2D eigenvalue weighted by Crippen LogP contribution is 2.26. The van der Waals surface area contributed by atoms with Crippen molar-refractivity contribution in [2.24, 2.45) is 5.10 Å². The van der Waals surface area contributed by atoms with Crippen LogP contribution in [0.1, 0.15) is 17.5 Å². The van der Waals surface area contributed by atoms with E-state index in [2.05, 4.69) is 16.6 Å². The molecule has 0 spiro atoms. The fourth-order valence-electron chi connectivity index (χ4n) is 2.80.